The van der Waals surface area contributed by atoms with Gasteiger partial charge in [-0.15, -0.1) is 6.58 Å². The second kappa shape index (κ2) is 23.4. The van der Waals surface area contributed by atoms with Gasteiger partial charge in [0.1, 0.15) is 0 Å². The number of carbonyl (C=O) groups is 1. The largest absolute Gasteiger partial charge is 0.478 e. The van der Waals surface area contributed by atoms with Gasteiger partial charge in [0.2, 0.25) is 0 Å². The van der Waals surface area contributed by atoms with Crippen LogP contribution < -0.4 is 0 Å². The summed E-state index contributed by atoms with van der Waals surface area (Å²) in [5.41, 5.74) is 5.47. The molecule has 1 unspecified atom stereocenters. The third-order valence-electron chi connectivity index (χ3n) is 11.4. The highest BCUT2D eigenvalue weighted by Crippen LogP contribution is 2.41. The van der Waals surface area contributed by atoms with Crippen LogP contribution in [-0.4, -0.2) is 36.5 Å². The third-order valence-corrected chi connectivity index (χ3v) is 11.4. The molecule has 2 aliphatic carbocycles. The molecule has 2 N–H and O–H groups in total. The van der Waals surface area contributed by atoms with Crippen LogP contribution >= 0.6 is 0 Å². The Balaban J connectivity index is 0.000000504. The Morgan fingerprint density at radius 3 is 1.90 bits per heavy atom. The lowest BCUT2D eigenvalue weighted by Gasteiger charge is -2.34. The SMILES string of the molecule is C=C(CO)C(=O)O.C=CCCC.CCCc1ccc(-c2ccc3cc(C4CCC(CCC5CCC(C(CC)COC)CC5)CC4)ccc3c2)cc1. The zero-order valence-electron chi connectivity index (χ0n) is 32.4. The molecule has 0 bridgehead atoms. The molecule has 0 amide bonds. The second-order valence-electron chi connectivity index (χ2n) is 15.1. The summed E-state index contributed by atoms with van der Waals surface area (Å²) in [6, 6.07) is 23.5. The summed E-state index contributed by atoms with van der Waals surface area (Å²) in [4.78, 5) is 9.67. The molecule has 280 valence electrons. The molecule has 2 fully saturated rings. The van der Waals surface area contributed by atoms with Gasteiger partial charge in [0.05, 0.1) is 12.2 Å². The quantitative estimate of drug-likeness (QED) is 0.123. The molecule has 4 nitrogen and oxygen atoms in total. The van der Waals surface area contributed by atoms with E-state index in [0.29, 0.717) is 0 Å². The van der Waals surface area contributed by atoms with E-state index in [2.05, 4.69) is 94.6 Å². The van der Waals surface area contributed by atoms with Crippen LogP contribution in [0.1, 0.15) is 128 Å². The zero-order valence-corrected chi connectivity index (χ0v) is 32.4. The lowest BCUT2D eigenvalue weighted by atomic mass is 9.72. The molecule has 0 spiro atoms. The molecule has 3 aromatic rings. The minimum Gasteiger partial charge on any atom is -0.478 e. The van der Waals surface area contributed by atoms with E-state index in [1.807, 2.05) is 13.2 Å². The monoisotopic (exact) mass is 697 g/mol. The Labute approximate surface area is 310 Å². The second-order valence-corrected chi connectivity index (χ2v) is 15.1. The minimum atomic E-state index is -1.15. The predicted molar refractivity (Wildman–Crippen MR) is 217 cm³/mol. The van der Waals surface area contributed by atoms with Crippen molar-refractivity contribution in [2.75, 3.05) is 20.3 Å². The van der Waals surface area contributed by atoms with E-state index in [1.165, 1.54) is 117 Å². The number of carboxylic acid groups (broad SMARTS) is 1. The number of aliphatic hydroxyl groups excluding tert-OH is 1. The molecule has 51 heavy (non-hydrogen) atoms. The number of aryl methyl sites for hydroxylation is 1. The average molecular weight is 697 g/mol. The van der Waals surface area contributed by atoms with E-state index in [9.17, 15) is 4.79 Å². The maximum atomic E-state index is 9.67. The summed E-state index contributed by atoms with van der Waals surface area (Å²) in [6.45, 7) is 13.8. The number of hydrogen-bond donors (Lipinski definition) is 2. The molecule has 1 atom stereocenters. The number of allylic oxidation sites excluding steroid dienone is 1. The third kappa shape index (κ3) is 14.0. The molecular weight excluding hydrogens is 629 g/mol. The summed E-state index contributed by atoms with van der Waals surface area (Å²) < 4.78 is 5.49. The lowest BCUT2D eigenvalue weighted by molar-refractivity contribution is -0.133. The summed E-state index contributed by atoms with van der Waals surface area (Å²) in [5, 5.41) is 18.7. The van der Waals surface area contributed by atoms with Crippen LogP contribution in [0.5, 0.6) is 0 Å². The Morgan fingerprint density at radius 2 is 1.41 bits per heavy atom. The van der Waals surface area contributed by atoms with Crippen molar-refractivity contribution < 1.29 is 19.7 Å². The van der Waals surface area contributed by atoms with E-state index < -0.39 is 12.6 Å². The smallest absolute Gasteiger partial charge is 0.333 e. The van der Waals surface area contributed by atoms with Crippen molar-refractivity contribution in [3.8, 4) is 11.1 Å². The van der Waals surface area contributed by atoms with Crippen LogP contribution in [-0.2, 0) is 16.0 Å². The summed E-state index contributed by atoms with van der Waals surface area (Å²) in [6.07, 6.45) is 22.3. The number of methoxy groups -OCH3 is 1. The molecule has 0 aromatic heterocycles. The number of fused-ring (bicyclic) bond motifs is 1. The normalized spacial score (nSPS) is 20.6. The van der Waals surface area contributed by atoms with Crippen LogP contribution in [0.4, 0.5) is 0 Å². The maximum Gasteiger partial charge on any atom is 0.333 e. The fraction of sp³-hybridized carbons (Fsp3) is 0.553. The van der Waals surface area contributed by atoms with E-state index >= 15 is 0 Å². The van der Waals surface area contributed by atoms with E-state index in [0.717, 1.165) is 42.6 Å². The number of benzene rings is 3. The molecule has 0 aliphatic heterocycles. The van der Waals surface area contributed by atoms with Gasteiger partial charge in [-0.2, -0.15) is 0 Å². The summed E-state index contributed by atoms with van der Waals surface area (Å²) in [5.74, 6) is 3.24. The van der Waals surface area contributed by atoms with E-state index in [-0.39, 0.29) is 5.57 Å². The van der Waals surface area contributed by atoms with E-state index in [4.69, 9.17) is 14.9 Å². The molecule has 0 radical (unpaired) electrons. The summed E-state index contributed by atoms with van der Waals surface area (Å²) in [7, 11) is 1.87. The first-order valence-electron chi connectivity index (χ1n) is 20.0. The molecule has 0 saturated heterocycles. The molecule has 4 heteroatoms. The van der Waals surface area contributed by atoms with Crippen molar-refractivity contribution in [1.82, 2.24) is 0 Å². The number of aliphatic hydroxyl groups is 1. The van der Waals surface area contributed by atoms with E-state index in [1.54, 1.807) is 5.56 Å². The number of unbranched alkanes of at least 4 members (excludes halogenated alkanes) is 1. The number of hydrogen-bond acceptors (Lipinski definition) is 3. The highest BCUT2D eigenvalue weighted by Gasteiger charge is 2.28. The van der Waals surface area contributed by atoms with Crippen LogP contribution in [0.3, 0.4) is 0 Å². The van der Waals surface area contributed by atoms with Crippen molar-refractivity contribution >= 4 is 16.7 Å². The first kappa shape index (κ1) is 42.2. The first-order valence-corrected chi connectivity index (χ1v) is 20.0. The number of carboxylic acids is 1. The summed E-state index contributed by atoms with van der Waals surface area (Å²) >= 11 is 0. The van der Waals surface area contributed by atoms with Crippen LogP contribution in [0.25, 0.3) is 21.9 Å². The van der Waals surface area contributed by atoms with Gasteiger partial charge in [0.25, 0.3) is 0 Å². The van der Waals surface area contributed by atoms with Gasteiger partial charge in [-0.1, -0.05) is 133 Å². The fourth-order valence-corrected chi connectivity index (χ4v) is 8.13. The molecule has 3 aromatic carbocycles. The van der Waals surface area contributed by atoms with Crippen molar-refractivity contribution in [3.05, 3.63) is 96.6 Å². The Kier molecular flexibility index (Phi) is 19.3. The highest BCUT2D eigenvalue weighted by molar-refractivity contribution is 5.88. The van der Waals surface area contributed by atoms with Gasteiger partial charge in [-0.3, -0.25) is 0 Å². The van der Waals surface area contributed by atoms with Crippen LogP contribution in [0, 0.1) is 23.7 Å². The van der Waals surface area contributed by atoms with Crippen molar-refractivity contribution in [2.24, 2.45) is 23.7 Å². The van der Waals surface area contributed by atoms with Crippen molar-refractivity contribution in [1.29, 1.82) is 0 Å². The number of ether oxygens (including phenoxy) is 1. The van der Waals surface area contributed by atoms with Crippen molar-refractivity contribution in [2.45, 2.75) is 123 Å². The van der Waals surface area contributed by atoms with Gasteiger partial charge in [0.15, 0.2) is 0 Å². The standard InChI is InChI=1S/C38H52O.C5H10.C4H6O3/c1-4-6-28-9-17-33(18-10-28)35-21-23-38-26-36(22-24-37(38)25-35)34-19-13-30(14-20-34)8-7-29-11-15-32(16-12-29)31(5-2)27-39-3;1-3-5-4-2;1-3(2-5)4(6)7/h9-10,17-18,21-26,29-32,34H,4-8,11-16,19-20,27H2,1-3H3;3H,1,4-5H2,2H3;5H,1-2H2,(H,6,7). The highest BCUT2D eigenvalue weighted by atomic mass is 16.5. The predicted octanol–water partition coefficient (Wildman–Crippen LogP) is 12.6. The first-order chi connectivity index (χ1) is 24.8. The Morgan fingerprint density at radius 1 is 0.824 bits per heavy atom. The Bertz CT molecular complexity index is 1440. The van der Waals surface area contributed by atoms with Gasteiger partial charge in [0, 0.05) is 13.7 Å². The van der Waals surface area contributed by atoms with Gasteiger partial charge in [-0.05, 0) is 120 Å². The molecular formula is C47H68O4. The fourth-order valence-electron chi connectivity index (χ4n) is 8.13. The average Bonchev–Trinajstić information content (AvgIpc) is 3.17. The van der Waals surface area contributed by atoms with Crippen LogP contribution in [0.15, 0.2) is 85.5 Å². The zero-order chi connectivity index (χ0) is 37.0. The molecule has 2 aliphatic rings. The maximum absolute atomic E-state index is 9.67. The molecule has 0 heterocycles. The van der Waals surface area contributed by atoms with Crippen molar-refractivity contribution in [3.63, 3.8) is 0 Å². The minimum absolute atomic E-state index is 0.181. The van der Waals surface area contributed by atoms with Gasteiger partial charge < -0.3 is 14.9 Å². The lowest BCUT2D eigenvalue weighted by Crippen LogP contribution is -2.25. The topological polar surface area (TPSA) is 66.8 Å². The molecule has 5 rings (SSSR count). The van der Waals surface area contributed by atoms with Gasteiger partial charge >= 0.3 is 5.97 Å². The van der Waals surface area contributed by atoms with Gasteiger partial charge in [-0.25, -0.2) is 4.79 Å². The van der Waals surface area contributed by atoms with Crippen LogP contribution in [0.2, 0.25) is 0 Å². The number of aliphatic carboxylic acids is 1. The number of rotatable bonds is 15. The molecule has 2 saturated carbocycles. The Hall–Kier alpha value is -3.21.